The van der Waals surface area contributed by atoms with Gasteiger partial charge in [-0.3, -0.25) is 0 Å². The maximum absolute atomic E-state index is 3.62. The molecular formula is C18H18BrNS. The molecule has 21 heavy (non-hydrogen) atoms. The quantitative estimate of drug-likeness (QED) is 0.628. The Labute approximate surface area is 138 Å². The second-order valence-electron chi connectivity index (χ2n) is 5.13. The lowest BCUT2D eigenvalue weighted by Crippen LogP contribution is -2.22. The summed E-state index contributed by atoms with van der Waals surface area (Å²) in [5, 5.41) is 4.97. The number of thiophene rings is 1. The fourth-order valence-corrected chi connectivity index (χ4v) is 3.95. The predicted octanol–water partition coefficient (Wildman–Crippen LogP) is 5.56. The number of benzene rings is 2. The molecule has 0 aliphatic heterocycles. The number of halogens is 1. The third-order valence-corrected chi connectivity index (χ3v) is 5.35. The van der Waals surface area contributed by atoms with E-state index in [2.05, 4.69) is 82.8 Å². The van der Waals surface area contributed by atoms with Crippen molar-refractivity contribution in [1.29, 1.82) is 0 Å². The predicted molar refractivity (Wildman–Crippen MR) is 96.1 cm³/mol. The number of fused-ring (bicyclic) bond motifs is 1. The Hall–Kier alpha value is -1.16. The molecule has 0 radical (unpaired) electrons. The van der Waals surface area contributed by atoms with Crippen molar-refractivity contribution in [3.05, 3.63) is 69.5 Å². The Morgan fingerprint density at radius 2 is 1.86 bits per heavy atom. The van der Waals surface area contributed by atoms with E-state index < -0.39 is 0 Å². The fraction of sp³-hybridized carbons (Fsp3) is 0.222. The summed E-state index contributed by atoms with van der Waals surface area (Å²) in [6, 6.07) is 19.9. The van der Waals surface area contributed by atoms with Crippen molar-refractivity contribution in [2.75, 3.05) is 6.54 Å². The zero-order valence-electron chi connectivity index (χ0n) is 12.0. The van der Waals surface area contributed by atoms with Crippen LogP contribution in [0.15, 0.2) is 59.1 Å². The lowest BCUT2D eigenvalue weighted by molar-refractivity contribution is 0.558. The normalized spacial score (nSPS) is 12.7. The van der Waals surface area contributed by atoms with E-state index in [0.717, 1.165) is 17.4 Å². The van der Waals surface area contributed by atoms with Gasteiger partial charge in [-0.1, -0.05) is 53.2 Å². The third kappa shape index (κ3) is 3.54. The van der Waals surface area contributed by atoms with E-state index in [1.54, 1.807) is 0 Å². The largest absolute Gasteiger partial charge is 0.309 e. The minimum Gasteiger partial charge on any atom is -0.309 e. The van der Waals surface area contributed by atoms with Crippen LogP contribution in [0.25, 0.3) is 10.1 Å². The first-order chi connectivity index (χ1) is 10.3. The average Bonchev–Trinajstić information content (AvgIpc) is 2.93. The van der Waals surface area contributed by atoms with Gasteiger partial charge >= 0.3 is 0 Å². The lowest BCUT2D eigenvalue weighted by atomic mass is 10.0. The molecule has 1 heterocycles. The zero-order chi connectivity index (χ0) is 14.7. The molecule has 1 N–H and O–H groups in total. The molecule has 3 rings (SSSR count). The molecule has 1 nitrogen and oxygen atoms in total. The van der Waals surface area contributed by atoms with Crippen LogP contribution in [-0.4, -0.2) is 6.54 Å². The van der Waals surface area contributed by atoms with Crippen molar-refractivity contribution in [3.8, 4) is 0 Å². The Kier molecular flexibility index (Phi) is 4.73. The van der Waals surface area contributed by atoms with Crippen LogP contribution in [0.2, 0.25) is 0 Å². The summed E-state index contributed by atoms with van der Waals surface area (Å²) >= 11 is 5.39. The van der Waals surface area contributed by atoms with Crippen LogP contribution in [0.3, 0.4) is 0 Å². The smallest absolute Gasteiger partial charge is 0.0456 e. The van der Waals surface area contributed by atoms with E-state index in [0.29, 0.717) is 6.04 Å². The molecule has 3 aromatic rings. The summed E-state index contributed by atoms with van der Waals surface area (Å²) in [5.74, 6) is 0. The number of rotatable bonds is 5. The van der Waals surface area contributed by atoms with Gasteiger partial charge in [0.15, 0.2) is 0 Å². The van der Waals surface area contributed by atoms with Gasteiger partial charge in [-0.2, -0.15) is 0 Å². The zero-order valence-corrected chi connectivity index (χ0v) is 14.4. The standard InChI is InChI=1S/C18H18BrNS/c1-2-20-16(11-13-7-9-15(19)10-8-13)18-12-14-5-3-4-6-17(14)21-18/h3-10,12,16,20H,2,11H2,1H3. The van der Waals surface area contributed by atoms with Crippen LogP contribution < -0.4 is 5.32 Å². The van der Waals surface area contributed by atoms with Gasteiger partial charge in [-0.15, -0.1) is 11.3 Å². The molecule has 1 atom stereocenters. The molecular weight excluding hydrogens is 342 g/mol. The molecule has 2 aromatic carbocycles. The van der Waals surface area contributed by atoms with Gasteiger partial charge in [0.2, 0.25) is 0 Å². The molecule has 0 amide bonds. The van der Waals surface area contributed by atoms with Gasteiger partial charge in [-0.05, 0) is 48.2 Å². The monoisotopic (exact) mass is 359 g/mol. The number of hydrogen-bond donors (Lipinski definition) is 1. The van der Waals surface area contributed by atoms with Crippen molar-refractivity contribution >= 4 is 37.4 Å². The van der Waals surface area contributed by atoms with E-state index in [9.17, 15) is 0 Å². The molecule has 0 aliphatic carbocycles. The molecule has 3 heteroatoms. The molecule has 0 fully saturated rings. The van der Waals surface area contributed by atoms with E-state index in [4.69, 9.17) is 0 Å². The van der Waals surface area contributed by atoms with Gasteiger partial charge < -0.3 is 5.32 Å². The van der Waals surface area contributed by atoms with Crippen molar-refractivity contribution in [2.45, 2.75) is 19.4 Å². The summed E-state index contributed by atoms with van der Waals surface area (Å²) in [6.45, 7) is 3.15. The first-order valence-corrected chi connectivity index (χ1v) is 8.83. The first-order valence-electron chi connectivity index (χ1n) is 7.22. The minimum absolute atomic E-state index is 0.383. The lowest BCUT2D eigenvalue weighted by Gasteiger charge is -2.16. The molecule has 1 unspecified atom stereocenters. The summed E-state index contributed by atoms with van der Waals surface area (Å²) < 4.78 is 2.50. The van der Waals surface area contributed by atoms with Gasteiger partial charge in [0.25, 0.3) is 0 Å². The molecule has 0 aliphatic rings. The van der Waals surface area contributed by atoms with Crippen LogP contribution in [-0.2, 0) is 6.42 Å². The summed E-state index contributed by atoms with van der Waals surface area (Å²) in [4.78, 5) is 1.42. The Morgan fingerprint density at radius 1 is 1.10 bits per heavy atom. The second kappa shape index (κ2) is 6.73. The molecule has 0 saturated carbocycles. The van der Waals surface area contributed by atoms with Crippen molar-refractivity contribution in [3.63, 3.8) is 0 Å². The first kappa shape index (κ1) is 14.8. The second-order valence-corrected chi connectivity index (χ2v) is 7.16. The summed E-state index contributed by atoms with van der Waals surface area (Å²) in [5.41, 5.74) is 1.36. The van der Waals surface area contributed by atoms with Crippen molar-refractivity contribution in [1.82, 2.24) is 5.32 Å². The van der Waals surface area contributed by atoms with Gasteiger partial charge in [0.1, 0.15) is 0 Å². The Bertz CT molecular complexity index is 684. The molecule has 108 valence electrons. The maximum Gasteiger partial charge on any atom is 0.0456 e. The number of hydrogen-bond acceptors (Lipinski definition) is 2. The highest BCUT2D eigenvalue weighted by atomic mass is 79.9. The van der Waals surface area contributed by atoms with Gasteiger partial charge in [0.05, 0.1) is 0 Å². The van der Waals surface area contributed by atoms with Gasteiger partial charge in [-0.25, -0.2) is 0 Å². The Morgan fingerprint density at radius 3 is 2.57 bits per heavy atom. The number of nitrogens with one attached hydrogen (secondary N) is 1. The van der Waals surface area contributed by atoms with Crippen LogP contribution in [0, 0.1) is 0 Å². The topological polar surface area (TPSA) is 12.0 Å². The SMILES string of the molecule is CCNC(Cc1ccc(Br)cc1)c1cc2ccccc2s1. The average molecular weight is 360 g/mol. The van der Waals surface area contributed by atoms with Crippen LogP contribution in [0.5, 0.6) is 0 Å². The van der Waals surface area contributed by atoms with E-state index in [1.807, 2.05) is 11.3 Å². The van der Waals surface area contributed by atoms with Gasteiger partial charge in [0, 0.05) is 20.1 Å². The van der Waals surface area contributed by atoms with E-state index in [1.165, 1.54) is 20.5 Å². The van der Waals surface area contributed by atoms with Crippen LogP contribution in [0.1, 0.15) is 23.4 Å². The highest BCUT2D eigenvalue weighted by Crippen LogP contribution is 2.31. The summed E-state index contributed by atoms with van der Waals surface area (Å²) in [6.07, 6.45) is 1.02. The molecule has 0 saturated heterocycles. The van der Waals surface area contributed by atoms with Crippen molar-refractivity contribution in [2.24, 2.45) is 0 Å². The van der Waals surface area contributed by atoms with Crippen molar-refractivity contribution < 1.29 is 0 Å². The third-order valence-electron chi connectivity index (χ3n) is 3.59. The van der Waals surface area contributed by atoms with Crippen LogP contribution in [0.4, 0.5) is 0 Å². The highest BCUT2D eigenvalue weighted by Gasteiger charge is 2.14. The van der Waals surface area contributed by atoms with E-state index >= 15 is 0 Å². The Balaban J connectivity index is 1.87. The number of likely N-dealkylation sites (N-methyl/N-ethyl adjacent to an activating group) is 1. The maximum atomic E-state index is 3.62. The van der Waals surface area contributed by atoms with Crippen LogP contribution >= 0.6 is 27.3 Å². The van der Waals surface area contributed by atoms with E-state index in [-0.39, 0.29) is 0 Å². The summed E-state index contributed by atoms with van der Waals surface area (Å²) in [7, 11) is 0. The molecule has 1 aromatic heterocycles. The minimum atomic E-state index is 0.383. The molecule has 0 bridgehead atoms. The highest BCUT2D eigenvalue weighted by molar-refractivity contribution is 9.10. The molecule has 0 spiro atoms. The fourth-order valence-electron chi connectivity index (χ4n) is 2.55.